The molecule has 0 saturated heterocycles. The zero-order valence-corrected chi connectivity index (χ0v) is 11.3. The van der Waals surface area contributed by atoms with Gasteiger partial charge in [-0.3, -0.25) is 0 Å². The molecule has 2 aromatic heterocycles. The van der Waals surface area contributed by atoms with E-state index in [4.69, 9.17) is 5.11 Å². The zero-order valence-electron chi connectivity index (χ0n) is 10.5. The summed E-state index contributed by atoms with van der Waals surface area (Å²) >= 11 is 1.28. The molecule has 0 radical (unpaired) electrons. The maximum absolute atomic E-state index is 11.2. The summed E-state index contributed by atoms with van der Waals surface area (Å²) in [6.07, 6.45) is 0. The molecule has 0 bridgehead atoms. The van der Waals surface area contributed by atoms with Gasteiger partial charge >= 0.3 is 5.97 Å². The molecule has 0 saturated carbocycles. The van der Waals surface area contributed by atoms with Crippen LogP contribution >= 0.6 is 11.3 Å². The molecule has 0 aliphatic carbocycles. The maximum Gasteiger partial charge on any atom is 0.346 e. The minimum Gasteiger partial charge on any atom is -0.477 e. The minimum absolute atomic E-state index is 0.428. The largest absolute Gasteiger partial charge is 0.477 e. The Morgan fingerprint density at radius 3 is 2.89 bits per heavy atom. The molecule has 1 aromatic carbocycles. The molecule has 0 unspecified atom stereocenters. The lowest BCUT2D eigenvalue weighted by molar-refractivity contribution is 0.0701. The van der Waals surface area contributed by atoms with Gasteiger partial charge in [-0.15, -0.1) is 11.3 Å². The van der Waals surface area contributed by atoms with Crippen LogP contribution in [-0.2, 0) is 6.54 Å². The van der Waals surface area contributed by atoms with Crippen molar-refractivity contribution in [3.63, 3.8) is 0 Å². The Hall–Kier alpha value is -2.07. The first-order chi connectivity index (χ1) is 9.16. The zero-order chi connectivity index (χ0) is 13.4. The van der Waals surface area contributed by atoms with E-state index in [0.717, 1.165) is 16.8 Å². The smallest absolute Gasteiger partial charge is 0.346 e. The molecule has 19 heavy (non-hydrogen) atoms. The number of hydrogen-bond acceptors (Lipinski definition) is 2. The van der Waals surface area contributed by atoms with E-state index in [0.29, 0.717) is 11.4 Å². The second-order valence-electron chi connectivity index (χ2n) is 4.51. The van der Waals surface area contributed by atoms with Gasteiger partial charge in [0.05, 0.1) is 0 Å². The molecule has 4 heteroatoms. The molecule has 2 heterocycles. The minimum atomic E-state index is -0.848. The predicted molar refractivity (Wildman–Crippen MR) is 77.1 cm³/mol. The number of thiophene rings is 1. The van der Waals surface area contributed by atoms with E-state index in [1.165, 1.54) is 16.7 Å². The molecule has 0 aliphatic rings. The normalized spacial score (nSPS) is 11.0. The van der Waals surface area contributed by atoms with Gasteiger partial charge in [0.2, 0.25) is 0 Å². The van der Waals surface area contributed by atoms with Gasteiger partial charge in [-0.05, 0) is 41.5 Å². The van der Waals surface area contributed by atoms with Crippen LogP contribution in [0.3, 0.4) is 0 Å². The summed E-state index contributed by atoms with van der Waals surface area (Å²) in [5.74, 6) is -0.848. The molecule has 3 nitrogen and oxygen atoms in total. The van der Waals surface area contributed by atoms with Gasteiger partial charge in [-0.1, -0.05) is 18.2 Å². The Morgan fingerprint density at radius 2 is 2.11 bits per heavy atom. The number of aromatic carboxylic acids is 1. The number of carboxylic acids is 1. The summed E-state index contributed by atoms with van der Waals surface area (Å²) in [4.78, 5) is 11.6. The van der Waals surface area contributed by atoms with Crippen molar-refractivity contribution in [2.75, 3.05) is 0 Å². The lowest BCUT2D eigenvalue weighted by Gasteiger charge is -2.08. The van der Waals surface area contributed by atoms with E-state index >= 15 is 0 Å². The summed E-state index contributed by atoms with van der Waals surface area (Å²) in [5, 5.41) is 12.2. The van der Waals surface area contributed by atoms with Gasteiger partial charge < -0.3 is 9.67 Å². The van der Waals surface area contributed by atoms with Gasteiger partial charge in [-0.25, -0.2) is 4.79 Å². The molecule has 1 N–H and O–H groups in total. The Balaban J connectivity index is 2.08. The van der Waals surface area contributed by atoms with E-state index < -0.39 is 5.97 Å². The highest BCUT2D eigenvalue weighted by Gasteiger charge is 2.13. The van der Waals surface area contributed by atoms with E-state index in [1.807, 2.05) is 30.5 Å². The van der Waals surface area contributed by atoms with Crippen LogP contribution in [-0.4, -0.2) is 15.6 Å². The molecule has 3 aromatic rings. The van der Waals surface area contributed by atoms with E-state index in [2.05, 4.69) is 22.8 Å². The molecule has 3 rings (SSSR count). The van der Waals surface area contributed by atoms with E-state index in [9.17, 15) is 4.79 Å². The first-order valence-electron chi connectivity index (χ1n) is 6.01. The van der Waals surface area contributed by atoms with E-state index in [1.54, 1.807) is 0 Å². The number of rotatable bonds is 3. The summed E-state index contributed by atoms with van der Waals surface area (Å²) in [6, 6.07) is 12.2. The Morgan fingerprint density at radius 1 is 1.32 bits per heavy atom. The molecule has 0 amide bonds. The molecule has 0 fully saturated rings. The fourth-order valence-electron chi connectivity index (χ4n) is 2.38. The number of benzene rings is 1. The molecule has 96 valence electrons. The summed E-state index contributed by atoms with van der Waals surface area (Å²) in [5.41, 5.74) is 3.15. The van der Waals surface area contributed by atoms with Crippen LogP contribution in [0.5, 0.6) is 0 Å². The second kappa shape index (κ2) is 4.55. The second-order valence-corrected chi connectivity index (χ2v) is 5.43. The molecule has 0 spiro atoms. The number of carboxylic acid groups (broad SMARTS) is 1. The first kappa shape index (κ1) is 12.0. The summed E-state index contributed by atoms with van der Waals surface area (Å²) < 4.78 is 2.16. The number of hydrogen-bond donors (Lipinski definition) is 1. The number of para-hydroxylation sites is 1. The molecule has 0 atom stereocenters. The highest BCUT2D eigenvalue weighted by atomic mass is 32.1. The van der Waals surface area contributed by atoms with Crippen LogP contribution in [0.4, 0.5) is 0 Å². The van der Waals surface area contributed by atoms with Crippen molar-refractivity contribution in [1.82, 2.24) is 4.57 Å². The van der Waals surface area contributed by atoms with Crippen LogP contribution in [0.25, 0.3) is 10.9 Å². The quantitative estimate of drug-likeness (QED) is 0.788. The number of carbonyl (C=O) groups is 1. The van der Waals surface area contributed by atoms with Gasteiger partial charge in [0.1, 0.15) is 4.88 Å². The van der Waals surface area contributed by atoms with Crippen molar-refractivity contribution >= 4 is 28.2 Å². The van der Waals surface area contributed by atoms with Crippen LogP contribution in [0.2, 0.25) is 0 Å². The Kier molecular flexibility index (Phi) is 2.87. The van der Waals surface area contributed by atoms with Crippen LogP contribution in [0, 0.1) is 6.92 Å². The number of aryl methyl sites for hydroxylation is 1. The van der Waals surface area contributed by atoms with Crippen LogP contribution in [0.15, 0.2) is 41.8 Å². The van der Waals surface area contributed by atoms with Gasteiger partial charge in [0.15, 0.2) is 0 Å². The lowest BCUT2D eigenvalue weighted by atomic mass is 10.2. The van der Waals surface area contributed by atoms with Crippen LogP contribution < -0.4 is 0 Å². The number of fused-ring (bicyclic) bond motifs is 1. The number of nitrogens with zero attached hydrogens (tertiary/aromatic N) is 1. The van der Waals surface area contributed by atoms with Gasteiger partial charge in [0.25, 0.3) is 0 Å². The third kappa shape index (κ3) is 2.04. The predicted octanol–water partition coefficient (Wildman–Crippen LogP) is 3.76. The Bertz CT molecular complexity index is 754. The van der Waals surface area contributed by atoms with Crippen molar-refractivity contribution in [2.45, 2.75) is 13.5 Å². The highest BCUT2D eigenvalue weighted by Crippen LogP contribution is 2.23. The first-order valence-corrected chi connectivity index (χ1v) is 6.89. The van der Waals surface area contributed by atoms with Gasteiger partial charge in [0, 0.05) is 17.8 Å². The SMILES string of the molecule is Cc1cc2ccccc2n1Cc1ccsc1C(=O)O. The van der Waals surface area contributed by atoms with E-state index in [-0.39, 0.29) is 0 Å². The molecular formula is C15H13NO2S. The number of aromatic nitrogens is 1. The van der Waals surface area contributed by atoms with Gasteiger partial charge in [-0.2, -0.15) is 0 Å². The van der Waals surface area contributed by atoms with Crippen molar-refractivity contribution in [1.29, 1.82) is 0 Å². The monoisotopic (exact) mass is 271 g/mol. The van der Waals surface area contributed by atoms with Crippen molar-refractivity contribution in [3.8, 4) is 0 Å². The summed E-state index contributed by atoms with van der Waals surface area (Å²) in [6.45, 7) is 2.65. The highest BCUT2D eigenvalue weighted by molar-refractivity contribution is 7.12. The van der Waals surface area contributed by atoms with Crippen LogP contribution in [0.1, 0.15) is 20.9 Å². The van der Waals surface area contributed by atoms with Crippen molar-refractivity contribution < 1.29 is 9.90 Å². The topological polar surface area (TPSA) is 42.2 Å². The standard InChI is InChI=1S/C15H13NO2S/c1-10-8-11-4-2-3-5-13(11)16(10)9-12-6-7-19-14(12)15(17)18/h2-8H,9H2,1H3,(H,17,18). The van der Waals surface area contributed by atoms with Crippen molar-refractivity contribution in [3.05, 3.63) is 57.9 Å². The third-order valence-corrected chi connectivity index (χ3v) is 4.23. The average molecular weight is 271 g/mol. The third-order valence-electron chi connectivity index (χ3n) is 3.29. The van der Waals surface area contributed by atoms with Crippen molar-refractivity contribution in [2.24, 2.45) is 0 Å². The fourth-order valence-corrected chi connectivity index (χ4v) is 3.13. The average Bonchev–Trinajstić information content (AvgIpc) is 2.96. The summed E-state index contributed by atoms with van der Waals surface area (Å²) in [7, 11) is 0. The fraction of sp³-hybridized carbons (Fsp3) is 0.133. The molecular weight excluding hydrogens is 258 g/mol. The maximum atomic E-state index is 11.2. The lowest BCUT2D eigenvalue weighted by Crippen LogP contribution is -2.05. The Labute approximate surface area is 114 Å². The molecule has 0 aliphatic heterocycles.